The first-order valence-corrected chi connectivity index (χ1v) is 6.91. The molecule has 1 aromatic carbocycles. The Kier molecular flexibility index (Phi) is 5.57. The third-order valence-corrected chi connectivity index (χ3v) is 3.38. The number of anilines is 1. The maximum atomic E-state index is 12.4. The Labute approximate surface area is 140 Å². The van der Waals surface area contributed by atoms with Crippen LogP contribution in [0.2, 0.25) is 10.2 Å². The summed E-state index contributed by atoms with van der Waals surface area (Å²) < 4.78 is 34.0. The van der Waals surface area contributed by atoms with Gasteiger partial charge in [0, 0.05) is 18.0 Å². The van der Waals surface area contributed by atoms with Crippen molar-refractivity contribution in [2.24, 2.45) is 0 Å². The maximum absolute atomic E-state index is 12.4. The molecular weight excluding hydrogens is 353 g/mol. The fourth-order valence-corrected chi connectivity index (χ4v) is 1.96. The second kappa shape index (κ2) is 7.43. The Balaban J connectivity index is 2.21. The molecule has 0 saturated carbocycles. The van der Waals surface area contributed by atoms with Crippen molar-refractivity contribution < 1.29 is 23.0 Å². The van der Waals surface area contributed by atoms with Crippen LogP contribution in [0.5, 0.6) is 11.5 Å². The van der Waals surface area contributed by atoms with Crippen LogP contribution in [-0.2, 0) is 0 Å². The van der Waals surface area contributed by atoms with Crippen LogP contribution in [-0.4, -0.2) is 24.6 Å². The van der Waals surface area contributed by atoms with Crippen LogP contribution < -0.4 is 14.8 Å². The molecule has 0 aliphatic carbocycles. The summed E-state index contributed by atoms with van der Waals surface area (Å²) in [5, 5.41) is 2.70. The van der Waals surface area contributed by atoms with E-state index in [9.17, 15) is 13.6 Å². The highest BCUT2D eigenvalue weighted by atomic mass is 35.5. The number of nitrogens with zero attached hydrogens (tertiary/aromatic N) is 1. The van der Waals surface area contributed by atoms with E-state index >= 15 is 0 Å². The van der Waals surface area contributed by atoms with Gasteiger partial charge in [-0.15, -0.1) is 0 Å². The van der Waals surface area contributed by atoms with E-state index in [4.69, 9.17) is 27.9 Å². The Hall–Kier alpha value is -2.12. The monoisotopic (exact) mass is 362 g/mol. The van der Waals surface area contributed by atoms with Gasteiger partial charge in [0.05, 0.1) is 17.7 Å². The highest BCUT2D eigenvalue weighted by molar-refractivity contribution is 6.41. The van der Waals surface area contributed by atoms with Crippen LogP contribution in [0.1, 0.15) is 10.4 Å². The number of hydrogen-bond donors (Lipinski definition) is 1. The normalized spacial score (nSPS) is 10.5. The molecule has 23 heavy (non-hydrogen) atoms. The summed E-state index contributed by atoms with van der Waals surface area (Å²) in [6.07, 6.45) is 1.24. The second-order valence-electron chi connectivity index (χ2n) is 4.19. The molecule has 2 rings (SSSR count). The van der Waals surface area contributed by atoms with E-state index in [2.05, 4.69) is 15.0 Å². The summed E-state index contributed by atoms with van der Waals surface area (Å²) in [5.41, 5.74) is 0.393. The van der Waals surface area contributed by atoms with Gasteiger partial charge in [-0.05, 0) is 18.2 Å². The standard InChI is InChI=1S/C14H10Cl2F2N2O3/c1-22-10-3-2-8(5-11(10)23-14(17)18)20-13(21)7-4-9(15)12(16)19-6-7/h2-6,14H,1H3,(H,20,21). The number of carbonyl (C=O) groups excluding carboxylic acids is 1. The van der Waals surface area contributed by atoms with Crippen molar-refractivity contribution in [2.45, 2.75) is 6.61 Å². The van der Waals surface area contributed by atoms with Crippen molar-refractivity contribution in [3.8, 4) is 11.5 Å². The summed E-state index contributed by atoms with van der Waals surface area (Å²) in [6.45, 7) is -3.02. The predicted octanol–water partition coefficient (Wildman–Crippen LogP) is 4.25. The number of carbonyl (C=O) groups is 1. The molecule has 5 nitrogen and oxygen atoms in total. The first-order valence-electron chi connectivity index (χ1n) is 6.16. The molecule has 0 radical (unpaired) electrons. The number of nitrogens with one attached hydrogen (secondary N) is 1. The van der Waals surface area contributed by atoms with E-state index in [1.165, 1.54) is 37.6 Å². The smallest absolute Gasteiger partial charge is 0.387 e. The van der Waals surface area contributed by atoms with Gasteiger partial charge >= 0.3 is 6.61 Å². The van der Waals surface area contributed by atoms with E-state index in [1.807, 2.05) is 0 Å². The van der Waals surface area contributed by atoms with Crippen molar-refractivity contribution in [1.29, 1.82) is 0 Å². The minimum absolute atomic E-state index is 0.0697. The number of aromatic nitrogens is 1. The second-order valence-corrected chi connectivity index (χ2v) is 4.96. The molecule has 1 N–H and O–H groups in total. The first kappa shape index (κ1) is 17.2. The van der Waals surface area contributed by atoms with Crippen molar-refractivity contribution in [3.63, 3.8) is 0 Å². The van der Waals surface area contributed by atoms with E-state index in [0.717, 1.165) is 0 Å². The molecule has 0 saturated heterocycles. The fourth-order valence-electron chi connectivity index (χ4n) is 1.69. The van der Waals surface area contributed by atoms with Gasteiger partial charge in [0.15, 0.2) is 11.5 Å². The summed E-state index contributed by atoms with van der Waals surface area (Å²) >= 11 is 11.5. The number of amides is 1. The summed E-state index contributed by atoms with van der Waals surface area (Å²) in [6, 6.07) is 5.42. The lowest BCUT2D eigenvalue weighted by molar-refractivity contribution is -0.0511. The van der Waals surface area contributed by atoms with Gasteiger partial charge in [0.2, 0.25) is 0 Å². The molecule has 0 aliphatic heterocycles. The highest BCUT2D eigenvalue weighted by Gasteiger charge is 2.14. The van der Waals surface area contributed by atoms with Crippen molar-refractivity contribution in [1.82, 2.24) is 4.98 Å². The van der Waals surface area contributed by atoms with E-state index in [-0.39, 0.29) is 32.9 Å². The van der Waals surface area contributed by atoms with Crippen LogP contribution in [0.25, 0.3) is 0 Å². The molecule has 1 heterocycles. The van der Waals surface area contributed by atoms with Crippen LogP contribution in [0, 0.1) is 0 Å². The van der Waals surface area contributed by atoms with Crippen molar-refractivity contribution in [2.75, 3.05) is 12.4 Å². The maximum Gasteiger partial charge on any atom is 0.387 e. The zero-order chi connectivity index (χ0) is 17.0. The molecule has 0 fully saturated rings. The summed E-state index contributed by atoms with van der Waals surface area (Å²) in [7, 11) is 1.31. The van der Waals surface area contributed by atoms with E-state index in [0.29, 0.717) is 0 Å². The van der Waals surface area contributed by atoms with Crippen molar-refractivity contribution >= 4 is 34.8 Å². The van der Waals surface area contributed by atoms with Gasteiger partial charge in [-0.1, -0.05) is 23.2 Å². The number of ether oxygens (including phenoxy) is 2. The average molecular weight is 363 g/mol. The fraction of sp³-hybridized carbons (Fsp3) is 0.143. The SMILES string of the molecule is COc1ccc(NC(=O)c2cnc(Cl)c(Cl)c2)cc1OC(F)F. The van der Waals surface area contributed by atoms with Gasteiger partial charge in [-0.3, -0.25) is 4.79 Å². The Morgan fingerprint density at radius 3 is 2.61 bits per heavy atom. The number of halogens is 4. The molecule has 9 heteroatoms. The summed E-state index contributed by atoms with van der Waals surface area (Å²) in [5.74, 6) is -0.628. The van der Waals surface area contributed by atoms with Gasteiger partial charge in [-0.25, -0.2) is 4.98 Å². The van der Waals surface area contributed by atoms with E-state index in [1.54, 1.807) is 0 Å². The molecule has 2 aromatic rings. The molecule has 0 aliphatic rings. The van der Waals surface area contributed by atoms with Crippen LogP contribution in [0.15, 0.2) is 30.5 Å². The minimum atomic E-state index is -3.02. The molecule has 0 unspecified atom stereocenters. The highest BCUT2D eigenvalue weighted by Crippen LogP contribution is 2.31. The lowest BCUT2D eigenvalue weighted by Crippen LogP contribution is -2.13. The van der Waals surface area contributed by atoms with Gasteiger partial charge < -0.3 is 14.8 Å². The van der Waals surface area contributed by atoms with Crippen LogP contribution in [0.4, 0.5) is 14.5 Å². The topological polar surface area (TPSA) is 60.5 Å². The zero-order valence-electron chi connectivity index (χ0n) is 11.6. The predicted molar refractivity (Wildman–Crippen MR) is 81.8 cm³/mol. The Morgan fingerprint density at radius 2 is 2.00 bits per heavy atom. The van der Waals surface area contributed by atoms with Gasteiger partial charge in [0.1, 0.15) is 5.15 Å². The quantitative estimate of drug-likeness (QED) is 0.807. The molecule has 0 atom stereocenters. The van der Waals surface area contributed by atoms with Crippen LogP contribution >= 0.6 is 23.2 Å². The molecule has 1 amide bonds. The largest absolute Gasteiger partial charge is 0.493 e. The number of rotatable bonds is 5. The number of alkyl halides is 2. The number of benzene rings is 1. The number of pyridine rings is 1. The zero-order valence-corrected chi connectivity index (χ0v) is 13.2. The number of hydrogen-bond acceptors (Lipinski definition) is 4. The third-order valence-electron chi connectivity index (χ3n) is 2.70. The average Bonchev–Trinajstić information content (AvgIpc) is 2.49. The third kappa shape index (κ3) is 4.43. The van der Waals surface area contributed by atoms with Crippen molar-refractivity contribution in [3.05, 3.63) is 46.2 Å². The van der Waals surface area contributed by atoms with Gasteiger partial charge in [0.25, 0.3) is 5.91 Å². The van der Waals surface area contributed by atoms with Gasteiger partial charge in [-0.2, -0.15) is 8.78 Å². The van der Waals surface area contributed by atoms with Crippen LogP contribution in [0.3, 0.4) is 0 Å². The molecule has 1 aromatic heterocycles. The minimum Gasteiger partial charge on any atom is -0.493 e. The molecule has 0 bridgehead atoms. The first-order chi connectivity index (χ1) is 10.9. The Morgan fingerprint density at radius 1 is 1.26 bits per heavy atom. The Bertz CT molecular complexity index is 729. The summed E-state index contributed by atoms with van der Waals surface area (Å²) in [4.78, 5) is 15.8. The van der Waals surface area contributed by atoms with E-state index < -0.39 is 12.5 Å². The molecular formula is C14H10Cl2F2N2O3. The lowest BCUT2D eigenvalue weighted by atomic mass is 10.2. The molecule has 0 spiro atoms. The lowest BCUT2D eigenvalue weighted by Gasteiger charge is -2.12. The number of methoxy groups -OCH3 is 1. The molecule has 122 valence electrons.